The Morgan fingerprint density at radius 3 is 2.41 bits per heavy atom. The van der Waals surface area contributed by atoms with E-state index in [-0.39, 0.29) is 29.5 Å². The van der Waals surface area contributed by atoms with E-state index < -0.39 is 29.7 Å². The zero-order valence-corrected chi connectivity index (χ0v) is 8.97. The molecule has 3 rings (SSSR count). The first-order chi connectivity index (χ1) is 8.00. The first-order valence-electron chi connectivity index (χ1n) is 5.52. The van der Waals surface area contributed by atoms with Crippen LogP contribution in [-0.2, 0) is 23.9 Å². The number of rotatable bonds is 0. The number of carbonyl (C=O) groups is 4. The minimum absolute atomic E-state index is 0.0425. The molecule has 0 radical (unpaired) electrons. The summed E-state index contributed by atoms with van der Waals surface area (Å²) in [5.41, 5.74) is -0.0425. The van der Waals surface area contributed by atoms with E-state index in [0.717, 1.165) is 0 Å². The Bertz CT molecular complexity index is 489. The van der Waals surface area contributed by atoms with Gasteiger partial charge in [0.15, 0.2) is 11.6 Å². The van der Waals surface area contributed by atoms with Crippen LogP contribution < -0.4 is 0 Å². The highest BCUT2D eigenvalue weighted by atomic mass is 16.6. The summed E-state index contributed by atoms with van der Waals surface area (Å²) in [6.07, 6.45) is 0.456. The molecular formula is C12H10O5. The molecule has 3 aliphatic rings. The maximum atomic E-state index is 12.0. The van der Waals surface area contributed by atoms with Crippen LogP contribution in [0.3, 0.4) is 0 Å². The number of allylic oxidation sites excluding steroid dienone is 1. The zero-order valence-electron chi connectivity index (χ0n) is 8.97. The van der Waals surface area contributed by atoms with E-state index in [1.807, 2.05) is 0 Å². The standard InChI is InChI=1S/C12H10O5/c1-4-8(13)3-5-6-2-7(9(5)10(4)14)12(16)17-11(6)15/h5-7,9H,1-3H2. The summed E-state index contributed by atoms with van der Waals surface area (Å²) in [6, 6.07) is 0. The van der Waals surface area contributed by atoms with Gasteiger partial charge in [0.25, 0.3) is 0 Å². The molecule has 1 aliphatic heterocycles. The molecule has 0 spiro atoms. The fourth-order valence-electron chi connectivity index (χ4n) is 3.23. The molecule has 4 unspecified atom stereocenters. The Hall–Kier alpha value is -1.78. The molecule has 1 heterocycles. The van der Waals surface area contributed by atoms with Crippen molar-refractivity contribution in [3.8, 4) is 0 Å². The molecule has 88 valence electrons. The lowest BCUT2D eigenvalue weighted by Crippen LogP contribution is -2.37. The number of Topliss-reactive ketones (excluding diaryl/α,β-unsaturated/α-hetero) is 2. The summed E-state index contributed by atoms with van der Waals surface area (Å²) in [4.78, 5) is 46.6. The predicted molar refractivity (Wildman–Crippen MR) is 53.4 cm³/mol. The van der Waals surface area contributed by atoms with Crippen LogP contribution in [0.1, 0.15) is 12.8 Å². The summed E-state index contributed by atoms with van der Waals surface area (Å²) in [7, 11) is 0. The fraction of sp³-hybridized carbons (Fsp3) is 0.500. The van der Waals surface area contributed by atoms with E-state index in [2.05, 4.69) is 11.3 Å². The highest BCUT2D eigenvalue weighted by Gasteiger charge is 2.59. The van der Waals surface area contributed by atoms with Crippen molar-refractivity contribution in [1.29, 1.82) is 0 Å². The van der Waals surface area contributed by atoms with Crippen LogP contribution in [0.15, 0.2) is 12.2 Å². The number of cyclic esters (lactones) is 2. The summed E-state index contributed by atoms with van der Waals surface area (Å²) in [5.74, 6) is -3.92. The van der Waals surface area contributed by atoms with Gasteiger partial charge in [-0.05, 0) is 12.3 Å². The van der Waals surface area contributed by atoms with Gasteiger partial charge in [-0.1, -0.05) is 6.58 Å². The molecule has 1 saturated heterocycles. The van der Waals surface area contributed by atoms with Gasteiger partial charge in [-0.3, -0.25) is 19.2 Å². The van der Waals surface area contributed by atoms with Crippen LogP contribution >= 0.6 is 0 Å². The first-order valence-corrected chi connectivity index (χ1v) is 5.52. The average Bonchev–Trinajstić information content (AvgIpc) is 2.60. The Morgan fingerprint density at radius 1 is 1.06 bits per heavy atom. The Kier molecular flexibility index (Phi) is 1.91. The van der Waals surface area contributed by atoms with Crippen molar-refractivity contribution < 1.29 is 23.9 Å². The molecule has 17 heavy (non-hydrogen) atoms. The maximum absolute atomic E-state index is 12.0. The first kappa shape index (κ1) is 10.4. The topological polar surface area (TPSA) is 77.5 Å². The number of hydrogen-bond donors (Lipinski definition) is 0. The smallest absolute Gasteiger partial charge is 0.317 e. The van der Waals surface area contributed by atoms with Crippen LogP contribution in [0.5, 0.6) is 0 Å². The molecule has 0 aromatic carbocycles. The van der Waals surface area contributed by atoms with Crippen LogP contribution in [0.2, 0.25) is 0 Å². The fourth-order valence-corrected chi connectivity index (χ4v) is 3.23. The molecular weight excluding hydrogens is 224 g/mol. The molecule has 2 aliphatic carbocycles. The van der Waals surface area contributed by atoms with E-state index in [1.54, 1.807) is 0 Å². The van der Waals surface area contributed by atoms with E-state index in [0.29, 0.717) is 6.42 Å². The minimum Gasteiger partial charge on any atom is -0.393 e. The van der Waals surface area contributed by atoms with Crippen molar-refractivity contribution >= 4 is 23.5 Å². The predicted octanol–water partition coefficient (Wildman–Crippen LogP) is 0.0364. The number of esters is 2. The molecule has 5 nitrogen and oxygen atoms in total. The van der Waals surface area contributed by atoms with Crippen molar-refractivity contribution in [3.63, 3.8) is 0 Å². The molecule has 0 amide bonds. The zero-order chi connectivity index (χ0) is 12.3. The van der Waals surface area contributed by atoms with Crippen LogP contribution in [0.25, 0.3) is 0 Å². The molecule has 0 aromatic heterocycles. The van der Waals surface area contributed by atoms with Crippen molar-refractivity contribution in [2.24, 2.45) is 23.7 Å². The van der Waals surface area contributed by atoms with E-state index in [1.165, 1.54) is 0 Å². The second kappa shape index (κ2) is 3.12. The van der Waals surface area contributed by atoms with Gasteiger partial charge in [0.1, 0.15) is 0 Å². The van der Waals surface area contributed by atoms with Crippen LogP contribution in [-0.4, -0.2) is 23.5 Å². The number of carbonyl (C=O) groups excluding carboxylic acids is 4. The highest BCUT2D eigenvalue weighted by molar-refractivity contribution is 6.23. The number of ether oxygens (including phenoxy) is 1. The van der Waals surface area contributed by atoms with Gasteiger partial charge in [0.05, 0.1) is 17.4 Å². The second-order valence-electron chi connectivity index (χ2n) is 4.85. The molecule has 4 atom stereocenters. The van der Waals surface area contributed by atoms with Gasteiger partial charge in [0.2, 0.25) is 0 Å². The molecule has 3 fully saturated rings. The van der Waals surface area contributed by atoms with Crippen LogP contribution in [0, 0.1) is 23.7 Å². The van der Waals surface area contributed by atoms with Crippen molar-refractivity contribution in [2.45, 2.75) is 12.8 Å². The third-order valence-corrected chi connectivity index (χ3v) is 4.08. The lowest BCUT2D eigenvalue weighted by molar-refractivity contribution is -0.169. The lowest BCUT2D eigenvalue weighted by atomic mass is 9.73. The van der Waals surface area contributed by atoms with Crippen molar-refractivity contribution in [1.82, 2.24) is 0 Å². The maximum Gasteiger partial charge on any atom is 0.317 e. The van der Waals surface area contributed by atoms with Crippen molar-refractivity contribution in [3.05, 3.63) is 12.2 Å². The SMILES string of the molecule is C=C1C(=O)CC2C3CC(C(=O)OC3=O)C2C1=O. The summed E-state index contributed by atoms with van der Waals surface area (Å²) >= 11 is 0. The second-order valence-corrected chi connectivity index (χ2v) is 4.85. The highest BCUT2D eigenvalue weighted by Crippen LogP contribution is 2.51. The largest absolute Gasteiger partial charge is 0.393 e. The molecule has 5 heteroatoms. The van der Waals surface area contributed by atoms with Gasteiger partial charge in [-0.2, -0.15) is 0 Å². The third kappa shape index (κ3) is 1.19. The van der Waals surface area contributed by atoms with Crippen LogP contribution in [0.4, 0.5) is 0 Å². The monoisotopic (exact) mass is 234 g/mol. The Labute approximate surface area is 96.8 Å². The van der Waals surface area contributed by atoms with Gasteiger partial charge in [0, 0.05) is 12.3 Å². The minimum atomic E-state index is -0.630. The average molecular weight is 234 g/mol. The van der Waals surface area contributed by atoms with Gasteiger partial charge in [-0.15, -0.1) is 0 Å². The third-order valence-electron chi connectivity index (χ3n) is 4.08. The molecule has 0 aromatic rings. The molecule has 0 N–H and O–H groups in total. The Morgan fingerprint density at radius 2 is 1.71 bits per heavy atom. The van der Waals surface area contributed by atoms with E-state index in [9.17, 15) is 19.2 Å². The number of ketones is 2. The van der Waals surface area contributed by atoms with Gasteiger partial charge in [-0.25, -0.2) is 0 Å². The molecule has 2 bridgehead atoms. The van der Waals surface area contributed by atoms with E-state index >= 15 is 0 Å². The quantitative estimate of drug-likeness (QED) is 0.256. The summed E-state index contributed by atoms with van der Waals surface area (Å²) in [5, 5.41) is 0. The van der Waals surface area contributed by atoms with Gasteiger partial charge >= 0.3 is 11.9 Å². The summed E-state index contributed by atoms with van der Waals surface area (Å²) in [6.45, 7) is 3.46. The summed E-state index contributed by atoms with van der Waals surface area (Å²) < 4.78 is 4.61. The van der Waals surface area contributed by atoms with Crippen molar-refractivity contribution in [2.75, 3.05) is 0 Å². The number of hydrogen-bond acceptors (Lipinski definition) is 5. The normalized spacial score (nSPS) is 40.4. The molecule has 2 saturated carbocycles. The number of fused-ring (bicyclic) bond motifs is 5. The Balaban J connectivity index is 2.05. The van der Waals surface area contributed by atoms with Gasteiger partial charge < -0.3 is 4.74 Å². The van der Waals surface area contributed by atoms with E-state index in [4.69, 9.17) is 0 Å². The lowest BCUT2D eigenvalue weighted by Gasteiger charge is -2.26.